The predicted octanol–water partition coefficient (Wildman–Crippen LogP) is 4.74. The second-order valence-corrected chi connectivity index (χ2v) is 6.96. The number of hydrogen-bond donors (Lipinski definition) is 1. The van der Waals surface area contributed by atoms with Crippen LogP contribution in [-0.2, 0) is 4.79 Å². The summed E-state index contributed by atoms with van der Waals surface area (Å²) in [6.07, 6.45) is 0. The van der Waals surface area contributed by atoms with E-state index in [1.807, 2.05) is 38.1 Å². The Hall–Kier alpha value is -2.31. The van der Waals surface area contributed by atoms with Crippen molar-refractivity contribution >= 4 is 35.0 Å². The molecule has 3 aromatic rings. The molecule has 0 fully saturated rings. The summed E-state index contributed by atoms with van der Waals surface area (Å²) in [4.78, 5) is 12.1. The van der Waals surface area contributed by atoms with Crippen molar-refractivity contribution in [2.24, 2.45) is 0 Å². The van der Waals surface area contributed by atoms with Crippen LogP contribution in [0.15, 0.2) is 52.1 Å². The molecule has 25 heavy (non-hydrogen) atoms. The number of rotatable bonds is 5. The molecule has 128 valence electrons. The third-order valence-electron chi connectivity index (χ3n) is 3.31. The van der Waals surface area contributed by atoms with E-state index in [2.05, 4.69) is 21.6 Å². The van der Waals surface area contributed by atoms with Gasteiger partial charge in [-0.3, -0.25) is 4.79 Å². The van der Waals surface area contributed by atoms with Crippen LogP contribution in [0.5, 0.6) is 0 Å². The molecule has 0 saturated carbocycles. The van der Waals surface area contributed by atoms with Crippen molar-refractivity contribution in [1.29, 1.82) is 0 Å². The number of aromatic nitrogens is 2. The van der Waals surface area contributed by atoms with Gasteiger partial charge in [0.15, 0.2) is 0 Å². The molecule has 1 aromatic heterocycles. The highest BCUT2D eigenvalue weighted by molar-refractivity contribution is 7.99. The molecule has 0 bridgehead atoms. The van der Waals surface area contributed by atoms with E-state index in [1.165, 1.54) is 11.8 Å². The zero-order valence-corrected chi connectivity index (χ0v) is 15.3. The van der Waals surface area contributed by atoms with E-state index in [0.717, 1.165) is 22.4 Å². The molecule has 1 heterocycles. The lowest BCUT2D eigenvalue weighted by atomic mass is 10.1. The standard InChI is InChI=1S/C18H16ClN3O2S/c1-11-6-12(2)8-15(7-11)20-16(23)10-25-18-22-21-17(24-18)13-4-3-5-14(19)9-13/h3-9H,10H2,1-2H3,(H,20,23). The maximum Gasteiger partial charge on any atom is 0.277 e. The third kappa shape index (κ3) is 4.84. The Labute approximate surface area is 154 Å². The van der Waals surface area contributed by atoms with Crippen LogP contribution >= 0.6 is 23.4 Å². The van der Waals surface area contributed by atoms with Gasteiger partial charge in [-0.15, -0.1) is 10.2 Å². The lowest BCUT2D eigenvalue weighted by Crippen LogP contribution is -2.14. The molecule has 5 nitrogen and oxygen atoms in total. The van der Waals surface area contributed by atoms with Gasteiger partial charge in [0.05, 0.1) is 5.75 Å². The van der Waals surface area contributed by atoms with Gasteiger partial charge in [0.2, 0.25) is 11.8 Å². The summed E-state index contributed by atoms with van der Waals surface area (Å²) in [6.45, 7) is 3.99. The number of nitrogens with zero attached hydrogens (tertiary/aromatic N) is 2. The van der Waals surface area contributed by atoms with Crippen molar-refractivity contribution in [3.05, 3.63) is 58.6 Å². The number of carbonyl (C=O) groups excluding carboxylic acids is 1. The highest BCUT2D eigenvalue weighted by Crippen LogP contribution is 2.25. The molecule has 0 unspecified atom stereocenters. The molecule has 0 aliphatic heterocycles. The largest absolute Gasteiger partial charge is 0.411 e. The minimum Gasteiger partial charge on any atom is -0.411 e. The fourth-order valence-corrected chi connectivity index (χ4v) is 3.13. The number of thioether (sulfide) groups is 1. The molecular weight excluding hydrogens is 358 g/mol. The fourth-order valence-electron chi connectivity index (χ4n) is 2.38. The smallest absolute Gasteiger partial charge is 0.277 e. The maximum atomic E-state index is 12.1. The number of benzene rings is 2. The lowest BCUT2D eigenvalue weighted by molar-refractivity contribution is -0.113. The van der Waals surface area contributed by atoms with Crippen molar-refractivity contribution in [2.75, 3.05) is 11.1 Å². The Morgan fingerprint density at radius 3 is 2.64 bits per heavy atom. The summed E-state index contributed by atoms with van der Waals surface area (Å²) in [5.74, 6) is 0.432. The first-order chi connectivity index (χ1) is 12.0. The second-order valence-electron chi connectivity index (χ2n) is 5.60. The minimum absolute atomic E-state index is 0.127. The molecule has 0 atom stereocenters. The number of nitrogens with one attached hydrogen (secondary N) is 1. The molecule has 0 radical (unpaired) electrons. The molecule has 0 saturated heterocycles. The third-order valence-corrected chi connectivity index (χ3v) is 4.36. The van der Waals surface area contributed by atoms with E-state index in [-0.39, 0.29) is 11.7 Å². The Morgan fingerprint density at radius 2 is 1.92 bits per heavy atom. The van der Waals surface area contributed by atoms with E-state index in [9.17, 15) is 4.79 Å². The first-order valence-corrected chi connectivity index (χ1v) is 8.96. The monoisotopic (exact) mass is 373 g/mol. The Balaban J connectivity index is 1.59. The number of anilines is 1. The summed E-state index contributed by atoms with van der Waals surface area (Å²) in [7, 11) is 0. The van der Waals surface area contributed by atoms with Crippen LogP contribution in [0.3, 0.4) is 0 Å². The van der Waals surface area contributed by atoms with E-state index in [1.54, 1.807) is 12.1 Å². The van der Waals surface area contributed by atoms with Crippen LogP contribution in [0.4, 0.5) is 5.69 Å². The molecule has 0 spiro atoms. The van der Waals surface area contributed by atoms with Crippen molar-refractivity contribution in [3.8, 4) is 11.5 Å². The molecular formula is C18H16ClN3O2S. The van der Waals surface area contributed by atoms with Gasteiger partial charge in [0.1, 0.15) is 0 Å². The summed E-state index contributed by atoms with van der Waals surface area (Å²) in [5.41, 5.74) is 3.73. The van der Waals surface area contributed by atoms with Gasteiger partial charge in [0.25, 0.3) is 5.22 Å². The van der Waals surface area contributed by atoms with Crippen molar-refractivity contribution in [2.45, 2.75) is 19.1 Å². The van der Waals surface area contributed by atoms with E-state index < -0.39 is 0 Å². The van der Waals surface area contributed by atoms with Crippen molar-refractivity contribution in [3.63, 3.8) is 0 Å². The summed E-state index contributed by atoms with van der Waals surface area (Å²) in [6, 6.07) is 13.1. The van der Waals surface area contributed by atoms with Crippen molar-refractivity contribution in [1.82, 2.24) is 10.2 Å². The van der Waals surface area contributed by atoms with E-state index >= 15 is 0 Å². The highest BCUT2D eigenvalue weighted by atomic mass is 35.5. The highest BCUT2D eigenvalue weighted by Gasteiger charge is 2.12. The van der Waals surface area contributed by atoms with Crippen LogP contribution < -0.4 is 5.32 Å². The number of hydrogen-bond acceptors (Lipinski definition) is 5. The number of halogens is 1. The SMILES string of the molecule is Cc1cc(C)cc(NC(=O)CSc2nnc(-c3cccc(Cl)c3)o2)c1. The predicted molar refractivity (Wildman–Crippen MR) is 100 cm³/mol. The molecule has 7 heteroatoms. The van der Waals surface area contributed by atoms with E-state index in [4.69, 9.17) is 16.0 Å². The lowest BCUT2D eigenvalue weighted by Gasteiger charge is -2.06. The van der Waals surface area contributed by atoms with Gasteiger partial charge in [-0.25, -0.2) is 0 Å². The van der Waals surface area contributed by atoms with Crippen LogP contribution in [0.2, 0.25) is 5.02 Å². The van der Waals surface area contributed by atoms with Crippen LogP contribution in [0.25, 0.3) is 11.5 Å². The normalized spacial score (nSPS) is 10.7. The van der Waals surface area contributed by atoms with Gasteiger partial charge in [0, 0.05) is 16.3 Å². The minimum atomic E-state index is -0.127. The number of amides is 1. The molecule has 0 aliphatic carbocycles. The fraction of sp³-hybridized carbons (Fsp3) is 0.167. The molecule has 3 rings (SSSR count). The molecule has 0 aliphatic rings. The van der Waals surface area contributed by atoms with Gasteiger partial charge < -0.3 is 9.73 Å². The van der Waals surface area contributed by atoms with Gasteiger partial charge >= 0.3 is 0 Å². The zero-order valence-electron chi connectivity index (χ0n) is 13.7. The molecule has 1 N–H and O–H groups in total. The summed E-state index contributed by atoms with van der Waals surface area (Å²) in [5, 5.41) is 11.7. The van der Waals surface area contributed by atoms with Gasteiger partial charge in [-0.1, -0.05) is 35.5 Å². The number of aryl methyl sites for hydroxylation is 2. The van der Waals surface area contributed by atoms with E-state index in [0.29, 0.717) is 16.1 Å². The summed E-state index contributed by atoms with van der Waals surface area (Å²) >= 11 is 7.15. The Morgan fingerprint density at radius 1 is 1.16 bits per heavy atom. The molecule has 1 amide bonds. The average molecular weight is 374 g/mol. The average Bonchev–Trinajstić information content (AvgIpc) is 3.01. The summed E-state index contributed by atoms with van der Waals surface area (Å²) < 4.78 is 5.57. The topological polar surface area (TPSA) is 68.0 Å². The number of carbonyl (C=O) groups is 1. The van der Waals surface area contributed by atoms with Crippen LogP contribution in [0.1, 0.15) is 11.1 Å². The Bertz CT molecular complexity index is 891. The second kappa shape index (κ2) is 7.72. The Kier molecular flexibility index (Phi) is 5.40. The molecule has 2 aromatic carbocycles. The zero-order chi connectivity index (χ0) is 17.8. The quantitative estimate of drug-likeness (QED) is 0.654. The van der Waals surface area contributed by atoms with Gasteiger partial charge in [-0.05, 0) is 55.3 Å². The first-order valence-electron chi connectivity index (χ1n) is 7.60. The maximum absolute atomic E-state index is 12.1. The van der Waals surface area contributed by atoms with Crippen molar-refractivity contribution < 1.29 is 9.21 Å². The first kappa shape index (κ1) is 17.5. The van der Waals surface area contributed by atoms with Gasteiger partial charge in [-0.2, -0.15) is 0 Å². The van der Waals surface area contributed by atoms with Crippen LogP contribution in [0, 0.1) is 13.8 Å². The van der Waals surface area contributed by atoms with Crippen LogP contribution in [-0.4, -0.2) is 21.9 Å².